The summed E-state index contributed by atoms with van der Waals surface area (Å²) in [6.45, 7) is 1.39. The van der Waals surface area contributed by atoms with Crippen LogP contribution in [0.25, 0.3) is 21.9 Å². The van der Waals surface area contributed by atoms with Gasteiger partial charge in [-0.1, -0.05) is 15.9 Å². The maximum Gasteiger partial charge on any atom is 0.200 e. The van der Waals surface area contributed by atoms with Gasteiger partial charge in [-0.05, 0) is 50.5 Å². The second kappa shape index (κ2) is 6.10. The van der Waals surface area contributed by atoms with Gasteiger partial charge in [-0.15, -0.1) is 0 Å². The molecule has 3 rings (SSSR count). The molecule has 0 aliphatic carbocycles. The van der Waals surface area contributed by atoms with E-state index in [-0.39, 0.29) is 5.43 Å². The highest BCUT2D eigenvalue weighted by molar-refractivity contribution is 9.10. The van der Waals surface area contributed by atoms with Crippen LogP contribution >= 0.6 is 15.9 Å². The van der Waals surface area contributed by atoms with Crippen LogP contribution in [0.2, 0.25) is 0 Å². The molecule has 4 nitrogen and oxygen atoms in total. The second-order valence-electron chi connectivity index (χ2n) is 5.38. The summed E-state index contributed by atoms with van der Waals surface area (Å²) in [7, 11) is 3.98. The fraction of sp³-hybridized carbons (Fsp3) is 0.235. The third-order valence-electron chi connectivity index (χ3n) is 3.41. The Balaban J connectivity index is 2.04. The molecule has 0 amide bonds. The molecule has 114 valence electrons. The normalized spacial score (nSPS) is 11.5. The van der Waals surface area contributed by atoms with Gasteiger partial charge in [0.1, 0.15) is 23.5 Å². The van der Waals surface area contributed by atoms with E-state index in [2.05, 4.69) is 15.9 Å². The maximum atomic E-state index is 12.6. The Morgan fingerprint density at radius 3 is 2.68 bits per heavy atom. The summed E-state index contributed by atoms with van der Waals surface area (Å²) in [6.07, 6.45) is 0. The van der Waals surface area contributed by atoms with Crippen LogP contribution in [0.5, 0.6) is 5.75 Å². The molecule has 1 heterocycles. The number of ether oxygens (including phenoxy) is 1. The summed E-state index contributed by atoms with van der Waals surface area (Å²) >= 11 is 3.39. The molecule has 0 fully saturated rings. The van der Waals surface area contributed by atoms with E-state index < -0.39 is 0 Å². The van der Waals surface area contributed by atoms with E-state index in [4.69, 9.17) is 9.15 Å². The number of hydrogen-bond donors (Lipinski definition) is 0. The summed E-state index contributed by atoms with van der Waals surface area (Å²) in [6, 6.07) is 10.8. The Kier molecular flexibility index (Phi) is 4.18. The minimum Gasteiger partial charge on any atom is -0.492 e. The van der Waals surface area contributed by atoms with Gasteiger partial charge in [0.2, 0.25) is 5.43 Å². The molecule has 2 aromatic carbocycles. The van der Waals surface area contributed by atoms with Gasteiger partial charge in [-0.25, -0.2) is 0 Å². The highest BCUT2D eigenvalue weighted by Gasteiger charge is 2.09. The van der Waals surface area contributed by atoms with E-state index in [0.717, 1.165) is 11.0 Å². The first kappa shape index (κ1) is 15.1. The highest BCUT2D eigenvalue weighted by atomic mass is 79.9. The molecule has 0 radical (unpaired) electrons. The van der Waals surface area contributed by atoms with Crippen molar-refractivity contribution < 1.29 is 9.15 Å². The Morgan fingerprint density at radius 1 is 1.09 bits per heavy atom. The minimum atomic E-state index is -0.0400. The number of nitrogens with zero attached hydrogens (tertiary/aromatic N) is 1. The fourth-order valence-corrected chi connectivity index (χ4v) is 2.58. The van der Waals surface area contributed by atoms with Gasteiger partial charge >= 0.3 is 0 Å². The SMILES string of the molecule is CN(C)CCOc1ccc2oc3cc(Br)ccc3c(=O)c2c1. The molecule has 5 heteroatoms. The molecule has 0 atom stereocenters. The van der Waals surface area contributed by atoms with Crippen molar-refractivity contribution in [2.75, 3.05) is 27.2 Å². The van der Waals surface area contributed by atoms with E-state index >= 15 is 0 Å². The molecule has 0 aliphatic heterocycles. The largest absolute Gasteiger partial charge is 0.492 e. The highest BCUT2D eigenvalue weighted by Crippen LogP contribution is 2.24. The minimum absolute atomic E-state index is 0.0400. The van der Waals surface area contributed by atoms with Crippen LogP contribution in [0.1, 0.15) is 0 Å². The predicted molar refractivity (Wildman–Crippen MR) is 91.7 cm³/mol. The second-order valence-corrected chi connectivity index (χ2v) is 6.30. The van der Waals surface area contributed by atoms with Crippen LogP contribution in [0.15, 0.2) is 50.1 Å². The molecule has 0 unspecified atom stereocenters. The van der Waals surface area contributed by atoms with Crippen molar-refractivity contribution in [3.63, 3.8) is 0 Å². The smallest absolute Gasteiger partial charge is 0.200 e. The Labute approximate surface area is 136 Å². The molecule has 0 N–H and O–H groups in total. The fourth-order valence-electron chi connectivity index (χ4n) is 2.24. The lowest BCUT2D eigenvalue weighted by atomic mass is 10.1. The van der Waals surface area contributed by atoms with Crippen molar-refractivity contribution in [1.82, 2.24) is 4.90 Å². The first-order valence-corrected chi connectivity index (χ1v) is 7.77. The Morgan fingerprint density at radius 2 is 1.91 bits per heavy atom. The van der Waals surface area contributed by atoms with Crippen LogP contribution in [-0.2, 0) is 0 Å². The van der Waals surface area contributed by atoms with E-state index in [1.54, 1.807) is 24.3 Å². The molecular weight excluding hydrogens is 346 g/mol. The van der Waals surface area contributed by atoms with Crippen molar-refractivity contribution in [1.29, 1.82) is 0 Å². The zero-order chi connectivity index (χ0) is 15.7. The average molecular weight is 362 g/mol. The van der Waals surface area contributed by atoms with Crippen molar-refractivity contribution in [2.24, 2.45) is 0 Å². The van der Waals surface area contributed by atoms with E-state index in [1.807, 2.05) is 31.1 Å². The lowest BCUT2D eigenvalue weighted by molar-refractivity contribution is 0.261. The van der Waals surface area contributed by atoms with Gasteiger partial charge in [0.05, 0.1) is 10.8 Å². The van der Waals surface area contributed by atoms with Crippen LogP contribution in [0.3, 0.4) is 0 Å². The molecule has 22 heavy (non-hydrogen) atoms. The lowest BCUT2D eigenvalue weighted by Crippen LogP contribution is -2.19. The van der Waals surface area contributed by atoms with Gasteiger partial charge in [0, 0.05) is 11.0 Å². The zero-order valence-electron chi connectivity index (χ0n) is 12.4. The van der Waals surface area contributed by atoms with Crippen LogP contribution in [0, 0.1) is 0 Å². The monoisotopic (exact) mass is 361 g/mol. The standard InChI is InChI=1S/C17H16BrNO3/c1-19(2)7-8-21-12-4-6-15-14(10-12)17(20)13-5-3-11(18)9-16(13)22-15/h3-6,9-10H,7-8H2,1-2H3. The Bertz CT molecular complexity index is 886. The molecule has 0 saturated carbocycles. The van der Waals surface area contributed by atoms with Gasteiger partial charge in [-0.2, -0.15) is 0 Å². The summed E-state index contributed by atoms with van der Waals surface area (Å²) < 4.78 is 12.4. The van der Waals surface area contributed by atoms with Crippen molar-refractivity contribution in [2.45, 2.75) is 0 Å². The molecular formula is C17H16BrNO3. The summed E-state index contributed by atoms with van der Waals surface area (Å²) in [5, 5.41) is 1.11. The number of benzene rings is 2. The van der Waals surface area contributed by atoms with Crippen LogP contribution in [-0.4, -0.2) is 32.1 Å². The van der Waals surface area contributed by atoms with Crippen molar-refractivity contribution >= 4 is 37.9 Å². The quantitative estimate of drug-likeness (QED) is 0.665. The van der Waals surface area contributed by atoms with Crippen molar-refractivity contribution in [3.8, 4) is 5.75 Å². The van der Waals surface area contributed by atoms with Crippen LogP contribution < -0.4 is 10.2 Å². The van der Waals surface area contributed by atoms with Crippen molar-refractivity contribution in [3.05, 3.63) is 51.1 Å². The number of fused-ring (bicyclic) bond motifs is 2. The summed E-state index contributed by atoms with van der Waals surface area (Å²) in [5.74, 6) is 0.679. The third-order valence-corrected chi connectivity index (χ3v) is 3.90. The number of likely N-dealkylation sites (N-methyl/N-ethyl adjacent to an activating group) is 1. The van der Waals surface area contributed by atoms with Gasteiger partial charge in [0.15, 0.2) is 0 Å². The zero-order valence-corrected chi connectivity index (χ0v) is 14.0. The number of rotatable bonds is 4. The molecule has 0 bridgehead atoms. The van der Waals surface area contributed by atoms with Gasteiger partial charge in [0.25, 0.3) is 0 Å². The maximum absolute atomic E-state index is 12.6. The van der Waals surface area contributed by atoms with E-state index in [1.165, 1.54) is 0 Å². The molecule has 0 saturated heterocycles. The number of hydrogen-bond acceptors (Lipinski definition) is 4. The topological polar surface area (TPSA) is 42.7 Å². The van der Waals surface area contributed by atoms with E-state index in [0.29, 0.717) is 34.3 Å². The third kappa shape index (κ3) is 3.00. The molecule has 1 aromatic heterocycles. The lowest BCUT2D eigenvalue weighted by Gasteiger charge is -2.11. The van der Waals surface area contributed by atoms with Gasteiger partial charge in [-0.3, -0.25) is 4.79 Å². The van der Waals surface area contributed by atoms with Gasteiger partial charge < -0.3 is 14.1 Å². The summed E-state index contributed by atoms with van der Waals surface area (Å²) in [4.78, 5) is 14.6. The van der Waals surface area contributed by atoms with Crippen LogP contribution in [0.4, 0.5) is 0 Å². The molecule has 0 aliphatic rings. The summed E-state index contributed by atoms with van der Waals surface area (Å²) in [5.41, 5.74) is 1.10. The molecule has 3 aromatic rings. The first-order valence-electron chi connectivity index (χ1n) is 6.98. The van der Waals surface area contributed by atoms with E-state index in [9.17, 15) is 4.79 Å². The number of halogens is 1. The first-order chi connectivity index (χ1) is 10.5. The predicted octanol–water partition coefficient (Wildman–Crippen LogP) is 3.65. The average Bonchev–Trinajstić information content (AvgIpc) is 2.47. The molecule has 0 spiro atoms. The Hall–Kier alpha value is -1.85.